The fourth-order valence-electron chi connectivity index (χ4n) is 1.92. The maximum Gasteiger partial charge on any atom is 0.0735 e. The predicted octanol–water partition coefficient (Wildman–Crippen LogP) is 6.11. The van der Waals surface area contributed by atoms with Gasteiger partial charge in [-0.1, -0.05) is 68.5 Å². The van der Waals surface area contributed by atoms with E-state index >= 15 is 0 Å². The molecule has 0 aromatic heterocycles. The minimum Gasteiger partial charge on any atom is -0.248 e. The number of rotatable bonds is 3. The van der Waals surface area contributed by atoms with Gasteiger partial charge in [0.25, 0.3) is 0 Å². The van der Waals surface area contributed by atoms with Crippen LogP contribution < -0.4 is 0 Å². The van der Waals surface area contributed by atoms with Gasteiger partial charge in [0.15, 0.2) is 0 Å². The largest absolute Gasteiger partial charge is 0.248 e. The lowest BCUT2D eigenvalue weighted by molar-refractivity contribution is 1.37. The third-order valence-corrected chi connectivity index (χ3v) is 3.20. The molecule has 0 spiro atoms. The molecular formula is C20H25N. The molecule has 2 rings (SSSR count). The quantitative estimate of drug-likeness (QED) is 0.601. The number of hydrogen-bond acceptors (Lipinski definition) is 1. The second-order valence-electron chi connectivity index (χ2n) is 4.58. The van der Waals surface area contributed by atoms with E-state index in [0.717, 1.165) is 17.0 Å². The first-order valence-corrected chi connectivity index (χ1v) is 7.55. The zero-order valence-electron chi connectivity index (χ0n) is 13.7. The van der Waals surface area contributed by atoms with Crippen LogP contribution in [0, 0.1) is 6.92 Å². The molecule has 0 saturated heterocycles. The zero-order valence-corrected chi connectivity index (χ0v) is 13.7. The Bertz CT molecular complexity index is 607. The van der Waals surface area contributed by atoms with Crippen LogP contribution in [0.25, 0.3) is 0 Å². The molecule has 0 unspecified atom stereocenters. The van der Waals surface area contributed by atoms with Crippen molar-refractivity contribution in [3.8, 4) is 0 Å². The number of para-hydroxylation sites is 1. The summed E-state index contributed by atoms with van der Waals surface area (Å²) in [6, 6.07) is 18.5. The molecular weight excluding hydrogens is 254 g/mol. The summed E-state index contributed by atoms with van der Waals surface area (Å²) >= 11 is 0. The van der Waals surface area contributed by atoms with Crippen molar-refractivity contribution in [1.29, 1.82) is 0 Å². The maximum atomic E-state index is 4.85. The number of nitrogens with zero attached hydrogens (tertiary/aromatic N) is 1. The number of hydrogen-bond donors (Lipinski definition) is 0. The summed E-state index contributed by atoms with van der Waals surface area (Å²) in [5, 5.41) is 0. The van der Waals surface area contributed by atoms with E-state index in [9.17, 15) is 0 Å². The van der Waals surface area contributed by atoms with Gasteiger partial charge in [0.2, 0.25) is 0 Å². The molecule has 2 aromatic rings. The van der Waals surface area contributed by atoms with Crippen molar-refractivity contribution >= 4 is 11.4 Å². The van der Waals surface area contributed by atoms with Gasteiger partial charge in [-0.25, -0.2) is 4.99 Å². The first-order chi connectivity index (χ1) is 10.2. The van der Waals surface area contributed by atoms with E-state index < -0.39 is 0 Å². The Morgan fingerprint density at radius 3 is 2.05 bits per heavy atom. The Labute approximate surface area is 129 Å². The van der Waals surface area contributed by atoms with Crippen molar-refractivity contribution in [1.82, 2.24) is 0 Å². The molecule has 0 aliphatic rings. The lowest BCUT2D eigenvalue weighted by atomic mass is 10.0. The number of aliphatic imine (C=N–C) groups is 1. The standard InChI is InChI=1S/C18H19N.C2H6/c1-4-14(2)18(16-11-6-5-7-12-16)19-17-13-9-8-10-15(17)3;1-2/h4-13H,1-3H3;1-2H3/b14-4-,19-18?;. The second-order valence-corrected chi connectivity index (χ2v) is 4.58. The Morgan fingerprint density at radius 1 is 0.905 bits per heavy atom. The van der Waals surface area contributed by atoms with Gasteiger partial charge in [-0.15, -0.1) is 0 Å². The Kier molecular flexibility index (Phi) is 7.17. The molecule has 0 bridgehead atoms. The van der Waals surface area contributed by atoms with E-state index in [1.165, 1.54) is 11.1 Å². The van der Waals surface area contributed by atoms with Crippen molar-refractivity contribution in [2.24, 2.45) is 4.99 Å². The molecule has 0 radical (unpaired) electrons. The van der Waals surface area contributed by atoms with Crippen molar-refractivity contribution in [3.05, 3.63) is 77.4 Å². The smallest absolute Gasteiger partial charge is 0.0735 e. The third-order valence-electron chi connectivity index (χ3n) is 3.20. The number of benzene rings is 2. The fourth-order valence-corrected chi connectivity index (χ4v) is 1.92. The molecule has 0 saturated carbocycles. The van der Waals surface area contributed by atoms with Gasteiger partial charge in [0, 0.05) is 5.56 Å². The van der Waals surface area contributed by atoms with E-state index in [4.69, 9.17) is 4.99 Å². The summed E-state index contributed by atoms with van der Waals surface area (Å²) in [5.41, 5.74) is 5.61. The first kappa shape index (κ1) is 16.9. The first-order valence-electron chi connectivity index (χ1n) is 7.55. The van der Waals surface area contributed by atoms with Gasteiger partial charge in [-0.2, -0.15) is 0 Å². The summed E-state index contributed by atoms with van der Waals surface area (Å²) in [6.07, 6.45) is 2.10. The second kappa shape index (κ2) is 8.91. The van der Waals surface area contributed by atoms with Gasteiger partial charge in [0.05, 0.1) is 11.4 Å². The van der Waals surface area contributed by atoms with E-state index in [1.54, 1.807) is 0 Å². The van der Waals surface area contributed by atoms with Crippen molar-refractivity contribution in [2.45, 2.75) is 34.6 Å². The lowest BCUT2D eigenvalue weighted by Gasteiger charge is -2.08. The lowest BCUT2D eigenvalue weighted by Crippen LogP contribution is -2.02. The van der Waals surface area contributed by atoms with Crippen LogP contribution in [0.5, 0.6) is 0 Å². The van der Waals surface area contributed by atoms with Crippen LogP contribution in [-0.4, -0.2) is 5.71 Å². The SMILES string of the molecule is C/C=C(/C)C(=Nc1ccccc1C)c1ccccc1.CC. The molecule has 0 fully saturated rings. The van der Waals surface area contributed by atoms with E-state index in [0.29, 0.717) is 0 Å². The predicted molar refractivity (Wildman–Crippen MR) is 94.6 cm³/mol. The molecule has 0 N–H and O–H groups in total. The highest BCUT2D eigenvalue weighted by Gasteiger charge is 2.06. The number of aryl methyl sites for hydroxylation is 1. The molecule has 2 aromatic carbocycles. The topological polar surface area (TPSA) is 12.4 Å². The normalized spacial score (nSPS) is 11.7. The summed E-state index contributed by atoms with van der Waals surface area (Å²) in [7, 11) is 0. The highest BCUT2D eigenvalue weighted by atomic mass is 14.8. The molecule has 1 nitrogen and oxygen atoms in total. The van der Waals surface area contributed by atoms with Crippen LogP contribution in [0.15, 0.2) is 71.2 Å². The Balaban J connectivity index is 0.00000106. The molecule has 0 atom stereocenters. The maximum absolute atomic E-state index is 4.85. The molecule has 0 aliphatic carbocycles. The number of allylic oxidation sites excluding steroid dienone is 2. The van der Waals surface area contributed by atoms with Crippen LogP contribution in [0.3, 0.4) is 0 Å². The van der Waals surface area contributed by atoms with E-state index in [-0.39, 0.29) is 0 Å². The van der Waals surface area contributed by atoms with Crippen molar-refractivity contribution in [2.75, 3.05) is 0 Å². The molecule has 21 heavy (non-hydrogen) atoms. The Hall–Kier alpha value is -2.15. The summed E-state index contributed by atoms with van der Waals surface area (Å²) in [5.74, 6) is 0. The van der Waals surface area contributed by atoms with Crippen LogP contribution in [0.1, 0.15) is 38.8 Å². The summed E-state index contributed by atoms with van der Waals surface area (Å²) < 4.78 is 0. The third kappa shape index (κ3) is 4.71. The van der Waals surface area contributed by atoms with E-state index in [2.05, 4.69) is 44.2 Å². The minimum atomic E-state index is 1.03. The van der Waals surface area contributed by atoms with Crippen molar-refractivity contribution < 1.29 is 0 Å². The van der Waals surface area contributed by atoms with Gasteiger partial charge < -0.3 is 0 Å². The van der Waals surface area contributed by atoms with Crippen molar-refractivity contribution in [3.63, 3.8) is 0 Å². The van der Waals surface area contributed by atoms with Crippen LogP contribution in [0.2, 0.25) is 0 Å². The molecule has 1 heteroatoms. The highest BCUT2D eigenvalue weighted by molar-refractivity contribution is 6.13. The highest BCUT2D eigenvalue weighted by Crippen LogP contribution is 2.21. The van der Waals surface area contributed by atoms with Gasteiger partial charge in [-0.3, -0.25) is 0 Å². The zero-order chi connectivity index (χ0) is 15.7. The van der Waals surface area contributed by atoms with Gasteiger partial charge >= 0.3 is 0 Å². The average molecular weight is 279 g/mol. The van der Waals surface area contributed by atoms with Crippen LogP contribution in [0.4, 0.5) is 5.69 Å². The molecule has 0 amide bonds. The molecule has 110 valence electrons. The van der Waals surface area contributed by atoms with Crippen LogP contribution >= 0.6 is 0 Å². The monoisotopic (exact) mass is 279 g/mol. The van der Waals surface area contributed by atoms with Gasteiger partial charge in [-0.05, 0) is 38.0 Å². The average Bonchev–Trinajstić information content (AvgIpc) is 2.56. The van der Waals surface area contributed by atoms with E-state index in [1.807, 2.05) is 51.1 Å². The summed E-state index contributed by atoms with van der Waals surface area (Å²) in [4.78, 5) is 4.85. The molecule has 0 aliphatic heterocycles. The minimum absolute atomic E-state index is 1.03. The Morgan fingerprint density at radius 2 is 1.48 bits per heavy atom. The van der Waals surface area contributed by atoms with Gasteiger partial charge in [0.1, 0.15) is 0 Å². The summed E-state index contributed by atoms with van der Waals surface area (Å²) in [6.45, 7) is 10.2. The van der Waals surface area contributed by atoms with Crippen LogP contribution in [-0.2, 0) is 0 Å². The molecule has 0 heterocycles. The fraction of sp³-hybridized carbons (Fsp3) is 0.250.